The summed E-state index contributed by atoms with van der Waals surface area (Å²) in [5.41, 5.74) is 1.73. The maximum Gasteiger partial charge on any atom is 0.413 e. The molecule has 0 saturated carbocycles. The van der Waals surface area contributed by atoms with Gasteiger partial charge < -0.3 is 14.0 Å². The Morgan fingerprint density at radius 2 is 2.00 bits per heavy atom. The highest BCUT2D eigenvalue weighted by molar-refractivity contribution is 7.99. The summed E-state index contributed by atoms with van der Waals surface area (Å²) < 4.78 is 14.3. The number of thioether (sulfide) groups is 1. The fourth-order valence-corrected chi connectivity index (χ4v) is 2.42. The summed E-state index contributed by atoms with van der Waals surface area (Å²) in [5, 5.41) is 5.74. The highest BCUT2D eigenvalue weighted by Crippen LogP contribution is 2.19. The van der Waals surface area contributed by atoms with Gasteiger partial charge in [0, 0.05) is 11.3 Å². The van der Waals surface area contributed by atoms with E-state index in [1.54, 1.807) is 13.8 Å². The van der Waals surface area contributed by atoms with E-state index in [1.165, 1.54) is 11.8 Å². The fraction of sp³-hybridized carbons (Fsp3) is 0.538. The molecule has 0 spiro atoms. The van der Waals surface area contributed by atoms with Crippen LogP contribution in [0.4, 0.5) is 4.79 Å². The van der Waals surface area contributed by atoms with Crippen LogP contribution in [0.25, 0.3) is 0 Å². The SMILES string of the molecule is CCOC(=O)NC(=O)COC(=O)CSCc1c(C)noc1C. The highest BCUT2D eigenvalue weighted by atomic mass is 32.2. The number of amides is 2. The van der Waals surface area contributed by atoms with Crippen LogP contribution in [-0.2, 0) is 24.8 Å². The van der Waals surface area contributed by atoms with Gasteiger partial charge in [-0.25, -0.2) is 4.79 Å². The molecule has 0 radical (unpaired) electrons. The lowest BCUT2D eigenvalue weighted by Gasteiger charge is -2.05. The number of hydrogen-bond acceptors (Lipinski definition) is 8. The van der Waals surface area contributed by atoms with Gasteiger partial charge in [-0.15, -0.1) is 11.8 Å². The van der Waals surface area contributed by atoms with Crippen molar-refractivity contribution in [1.29, 1.82) is 0 Å². The molecule has 122 valence electrons. The van der Waals surface area contributed by atoms with Crippen LogP contribution in [0.15, 0.2) is 4.52 Å². The lowest BCUT2D eigenvalue weighted by Crippen LogP contribution is -2.34. The van der Waals surface area contributed by atoms with E-state index in [9.17, 15) is 14.4 Å². The van der Waals surface area contributed by atoms with Gasteiger partial charge in [0.05, 0.1) is 18.1 Å². The Labute approximate surface area is 131 Å². The van der Waals surface area contributed by atoms with Crippen LogP contribution in [0.2, 0.25) is 0 Å². The van der Waals surface area contributed by atoms with Gasteiger partial charge in [0.25, 0.3) is 5.91 Å². The monoisotopic (exact) mass is 330 g/mol. The molecule has 2 amide bonds. The van der Waals surface area contributed by atoms with Crippen molar-refractivity contribution in [3.8, 4) is 0 Å². The summed E-state index contributed by atoms with van der Waals surface area (Å²) in [4.78, 5) is 33.7. The molecule has 1 N–H and O–H groups in total. The zero-order valence-electron chi connectivity index (χ0n) is 12.6. The summed E-state index contributed by atoms with van der Waals surface area (Å²) in [5.74, 6) is 0.0765. The Balaban J connectivity index is 2.21. The van der Waals surface area contributed by atoms with Crippen molar-refractivity contribution in [3.63, 3.8) is 0 Å². The number of aryl methyl sites for hydroxylation is 2. The molecule has 1 heterocycles. The van der Waals surface area contributed by atoms with Crippen LogP contribution in [0, 0.1) is 13.8 Å². The summed E-state index contributed by atoms with van der Waals surface area (Å²) in [6.45, 7) is 4.86. The van der Waals surface area contributed by atoms with Crippen LogP contribution in [-0.4, -0.2) is 42.1 Å². The van der Waals surface area contributed by atoms with Crippen molar-refractivity contribution in [2.24, 2.45) is 0 Å². The molecule has 0 bridgehead atoms. The number of carbonyl (C=O) groups is 3. The second-order valence-corrected chi connectivity index (χ2v) is 5.21. The number of aromatic nitrogens is 1. The van der Waals surface area contributed by atoms with Crippen LogP contribution < -0.4 is 5.32 Å². The molecule has 22 heavy (non-hydrogen) atoms. The van der Waals surface area contributed by atoms with Crippen molar-refractivity contribution in [3.05, 3.63) is 17.0 Å². The predicted molar refractivity (Wildman–Crippen MR) is 78.3 cm³/mol. The molecular weight excluding hydrogens is 312 g/mol. The molecule has 8 nitrogen and oxygen atoms in total. The molecule has 0 aromatic carbocycles. The van der Waals surface area contributed by atoms with E-state index in [-0.39, 0.29) is 12.4 Å². The number of nitrogens with zero attached hydrogens (tertiary/aromatic N) is 1. The van der Waals surface area contributed by atoms with Gasteiger partial charge in [-0.1, -0.05) is 5.16 Å². The van der Waals surface area contributed by atoms with Gasteiger partial charge in [-0.05, 0) is 20.8 Å². The molecule has 9 heteroatoms. The van der Waals surface area contributed by atoms with Crippen LogP contribution >= 0.6 is 11.8 Å². The fourth-order valence-electron chi connectivity index (χ4n) is 1.45. The van der Waals surface area contributed by atoms with E-state index >= 15 is 0 Å². The Kier molecular flexibility index (Phi) is 7.44. The van der Waals surface area contributed by atoms with E-state index in [2.05, 4.69) is 9.89 Å². The third-order valence-electron chi connectivity index (χ3n) is 2.53. The minimum absolute atomic E-state index is 0.0801. The Morgan fingerprint density at radius 3 is 2.59 bits per heavy atom. The Hall–Kier alpha value is -2.03. The Morgan fingerprint density at radius 1 is 1.27 bits per heavy atom. The number of alkyl carbamates (subject to hydrolysis) is 1. The van der Waals surface area contributed by atoms with Crippen LogP contribution in [0.5, 0.6) is 0 Å². The van der Waals surface area contributed by atoms with Gasteiger partial charge in [-0.3, -0.25) is 14.9 Å². The van der Waals surface area contributed by atoms with Crippen molar-refractivity contribution in [2.45, 2.75) is 26.5 Å². The molecular formula is C13H18N2O6S. The number of carbonyl (C=O) groups excluding carboxylic acids is 3. The lowest BCUT2D eigenvalue weighted by molar-refractivity contribution is -0.145. The number of hydrogen-bond donors (Lipinski definition) is 1. The van der Waals surface area contributed by atoms with E-state index in [4.69, 9.17) is 9.26 Å². The molecule has 1 aromatic rings. The van der Waals surface area contributed by atoms with Crippen molar-refractivity contribution in [1.82, 2.24) is 10.5 Å². The van der Waals surface area contributed by atoms with E-state index in [0.29, 0.717) is 11.5 Å². The second kappa shape index (κ2) is 9.08. The third kappa shape index (κ3) is 6.17. The average Bonchev–Trinajstić information content (AvgIpc) is 2.77. The highest BCUT2D eigenvalue weighted by Gasteiger charge is 2.13. The predicted octanol–water partition coefficient (Wildman–Crippen LogP) is 1.34. The standard InChI is InChI=1S/C13H18N2O6S/c1-4-19-13(18)14-11(16)5-20-12(17)7-22-6-10-8(2)15-21-9(10)3/h4-7H2,1-3H3,(H,14,16,18). The lowest BCUT2D eigenvalue weighted by atomic mass is 10.2. The van der Waals surface area contributed by atoms with Crippen LogP contribution in [0.3, 0.4) is 0 Å². The number of rotatable bonds is 7. The quantitative estimate of drug-likeness (QED) is 0.746. The summed E-state index contributed by atoms with van der Waals surface area (Å²) >= 11 is 1.32. The maximum absolute atomic E-state index is 11.5. The molecule has 0 unspecified atom stereocenters. The molecule has 1 rings (SSSR count). The smallest absolute Gasteiger partial charge is 0.413 e. The first-order valence-electron chi connectivity index (χ1n) is 6.55. The number of esters is 1. The minimum atomic E-state index is -0.865. The second-order valence-electron chi connectivity index (χ2n) is 4.22. The molecule has 0 atom stereocenters. The number of nitrogens with one attached hydrogen (secondary N) is 1. The maximum atomic E-state index is 11.5. The van der Waals surface area contributed by atoms with Gasteiger partial charge in [0.1, 0.15) is 5.76 Å². The van der Waals surface area contributed by atoms with Crippen molar-refractivity contribution in [2.75, 3.05) is 19.0 Å². The minimum Gasteiger partial charge on any atom is -0.455 e. The van der Waals surface area contributed by atoms with Gasteiger partial charge in [0.2, 0.25) is 0 Å². The summed E-state index contributed by atoms with van der Waals surface area (Å²) in [6.07, 6.45) is -0.865. The van der Waals surface area contributed by atoms with Crippen LogP contribution in [0.1, 0.15) is 23.9 Å². The number of ether oxygens (including phenoxy) is 2. The molecule has 0 fully saturated rings. The molecule has 1 aromatic heterocycles. The van der Waals surface area contributed by atoms with Gasteiger partial charge >= 0.3 is 12.1 Å². The summed E-state index contributed by atoms with van der Waals surface area (Å²) in [7, 11) is 0. The third-order valence-corrected chi connectivity index (χ3v) is 3.46. The largest absolute Gasteiger partial charge is 0.455 e. The zero-order chi connectivity index (χ0) is 16.5. The summed E-state index contributed by atoms with van der Waals surface area (Å²) in [6, 6.07) is 0. The average molecular weight is 330 g/mol. The first kappa shape index (κ1) is 18.0. The van der Waals surface area contributed by atoms with E-state index < -0.39 is 24.6 Å². The molecule has 0 aliphatic rings. The van der Waals surface area contributed by atoms with Crippen molar-refractivity contribution < 1.29 is 28.4 Å². The zero-order valence-corrected chi connectivity index (χ0v) is 13.4. The van der Waals surface area contributed by atoms with Gasteiger partial charge in [-0.2, -0.15) is 0 Å². The first-order valence-corrected chi connectivity index (χ1v) is 7.71. The Bertz CT molecular complexity index is 523. The van der Waals surface area contributed by atoms with Crippen molar-refractivity contribution >= 4 is 29.7 Å². The number of imide groups is 1. The normalized spacial score (nSPS) is 10.1. The molecule has 0 aliphatic carbocycles. The molecule has 0 saturated heterocycles. The topological polar surface area (TPSA) is 108 Å². The first-order chi connectivity index (χ1) is 10.4. The van der Waals surface area contributed by atoms with E-state index in [1.807, 2.05) is 12.2 Å². The van der Waals surface area contributed by atoms with E-state index in [0.717, 1.165) is 11.3 Å². The molecule has 0 aliphatic heterocycles. The van der Waals surface area contributed by atoms with Gasteiger partial charge in [0.15, 0.2) is 6.61 Å².